The number of rotatable bonds is 1. The molecule has 0 aromatic heterocycles. The number of phenolic OH excluding ortho intramolecular Hbond substituents is 1. The summed E-state index contributed by atoms with van der Waals surface area (Å²) in [7, 11) is 3.44. The topological polar surface area (TPSA) is 90.2 Å². The molecular weight excluding hydrogens is 322 g/mol. The quantitative estimate of drug-likeness (QED) is 0.681. The molecule has 0 radical (unpaired) electrons. The van der Waals surface area contributed by atoms with Crippen molar-refractivity contribution in [2.45, 2.75) is 48.8 Å². The van der Waals surface area contributed by atoms with Crippen LogP contribution in [0, 0.1) is 5.41 Å². The number of phenols is 1. The van der Waals surface area contributed by atoms with E-state index in [-0.39, 0.29) is 35.8 Å². The van der Waals surface area contributed by atoms with Crippen molar-refractivity contribution in [1.29, 1.82) is 0 Å². The van der Waals surface area contributed by atoms with Crippen molar-refractivity contribution in [3.63, 3.8) is 0 Å². The molecule has 1 aliphatic heterocycles. The minimum Gasteiger partial charge on any atom is -0.504 e. The second-order valence-corrected chi connectivity index (χ2v) is 8.53. The van der Waals surface area contributed by atoms with Gasteiger partial charge >= 0.3 is 0 Å². The lowest BCUT2D eigenvalue weighted by Crippen LogP contribution is -2.73. The number of ether oxygens (including phenoxy) is 1. The van der Waals surface area contributed by atoms with Crippen LogP contribution in [-0.2, 0) is 16.6 Å². The summed E-state index contributed by atoms with van der Waals surface area (Å²) in [4.78, 5) is 14.5. The van der Waals surface area contributed by atoms with E-state index in [1.807, 2.05) is 13.1 Å². The minimum absolute atomic E-state index is 0.000807. The lowest BCUT2D eigenvalue weighted by molar-refractivity contribution is -0.196. The highest BCUT2D eigenvalue weighted by molar-refractivity contribution is 5.84. The number of likely N-dealkylation sites (tertiary alicyclic amines) is 1. The molecule has 3 N–H and O–H groups in total. The van der Waals surface area contributed by atoms with Gasteiger partial charge in [0.05, 0.1) is 13.2 Å². The van der Waals surface area contributed by atoms with Crippen LogP contribution in [0.5, 0.6) is 11.5 Å². The summed E-state index contributed by atoms with van der Waals surface area (Å²) in [5.41, 5.74) is -0.981. The zero-order chi connectivity index (χ0) is 17.8. The van der Waals surface area contributed by atoms with Gasteiger partial charge in [0.1, 0.15) is 11.4 Å². The molecule has 1 aromatic rings. The van der Waals surface area contributed by atoms with Crippen molar-refractivity contribution in [3.8, 4) is 11.5 Å². The number of fused-ring (bicyclic) bond motifs is 2. The lowest BCUT2D eigenvalue weighted by atomic mass is 9.57. The Bertz CT molecular complexity index is 809. The average molecular weight is 345 g/mol. The molecule has 6 nitrogen and oxygen atoms in total. The highest BCUT2D eigenvalue weighted by atomic mass is 16.5. The summed E-state index contributed by atoms with van der Waals surface area (Å²) in [5.74, 6) is 0.275. The average Bonchev–Trinajstić information content (AvgIpc) is 2.66. The number of carbonyl (C=O) groups excluding carboxylic acids is 1. The SMILES string of the molecule is COc1ccc2c(c1O)C13CC(=O)CC(O)C1(O)C1N(C)CC1(C2)C3. The Morgan fingerprint density at radius 3 is 2.76 bits per heavy atom. The zero-order valence-corrected chi connectivity index (χ0v) is 14.5. The minimum atomic E-state index is -1.44. The number of Topliss-reactive ketones (excluding diaryl/α,β-unsaturated/α-hetero) is 1. The van der Waals surface area contributed by atoms with Crippen molar-refractivity contribution < 1.29 is 24.9 Å². The van der Waals surface area contributed by atoms with Crippen LogP contribution in [0.25, 0.3) is 0 Å². The molecule has 5 rings (SSSR count). The first-order valence-electron chi connectivity index (χ1n) is 8.81. The molecule has 4 aliphatic rings. The summed E-state index contributed by atoms with van der Waals surface area (Å²) in [6, 6.07) is 3.47. The molecule has 1 saturated heterocycles. The van der Waals surface area contributed by atoms with Crippen LogP contribution in [0.4, 0.5) is 0 Å². The van der Waals surface area contributed by atoms with Crippen molar-refractivity contribution in [2.75, 3.05) is 20.7 Å². The van der Waals surface area contributed by atoms with E-state index < -0.39 is 17.1 Å². The monoisotopic (exact) mass is 345 g/mol. The fourth-order valence-corrected chi connectivity index (χ4v) is 6.91. The number of aromatic hydroxyl groups is 1. The Kier molecular flexibility index (Phi) is 2.73. The van der Waals surface area contributed by atoms with E-state index in [4.69, 9.17) is 4.74 Å². The van der Waals surface area contributed by atoms with Gasteiger partial charge in [-0.25, -0.2) is 0 Å². The number of aliphatic hydroxyl groups excluding tert-OH is 1. The van der Waals surface area contributed by atoms with Crippen molar-refractivity contribution in [3.05, 3.63) is 23.3 Å². The smallest absolute Gasteiger partial charge is 0.161 e. The van der Waals surface area contributed by atoms with E-state index in [9.17, 15) is 20.1 Å². The second kappa shape index (κ2) is 4.37. The first kappa shape index (κ1) is 15.6. The third kappa shape index (κ3) is 1.47. The van der Waals surface area contributed by atoms with Gasteiger partial charge in [-0.05, 0) is 31.5 Å². The van der Waals surface area contributed by atoms with E-state index in [1.54, 1.807) is 6.07 Å². The van der Waals surface area contributed by atoms with Gasteiger partial charge in [-0.15, -0.1) is 0 Å². The maximum absolute atomic E-state index is 12.4. The van der Waals surface area contributed by atoms with Crippen LogP contribution in [0.2, 0.25) is 0 Å². The molecule has 6 heteroatoms. The van der Waals surface area contributed by atoms with E-state index in [2.05, 4.69) is 4.90 Å². The summed E-state index contributed by atoms with van der Waals surface area (Å²) >= 11 is 0. The van der Waals surface area contributed by atoms with Gasteiger partial charge < -0.3 is 20.1 Å². The lowest BCUT2D eigenvalue weighted by Gasteiger charge is -2.57. The zero-order valence-electron chi connectivity index (χ0n) is 14.5. The number of benzene rings is 1. The third-order valence-corrected chi connectivity index (χ3v) is 7.32. The molecule has 3 aliphatic carbocycles. The molecule has 25 heavy (non-hydrogen) atoms. The van der Waals surface area contributed by atoms with Crippen LogP contribution in [-0.4, -0.2) is 64.5 Å². The van der Waals surface area contributed by atoms with Crippen LogP contribution < -0.4 is 4.74 Å². The van der Waals surface area contributed by atoms with Gasteiger partial charge in [-0.2, -0.15) is 0 Å². The van der Waals surface area contributed by atoms with E-state index >= 15 is 0 Å². The van der Waals surface area contributed by atoms with Gasteiger partial charge in [0.2, 0.25) is 0 Å². The van der Waals surface area contributed by atoms with Gasteiger partial charge in [0.25, 0.3) is 0 Å². The van der Waals surface area contributed by atoms with Gasteiger partial charge in [-0.3, -0.25) is 9.69 Å². The molecular formula is C19H23NO5. The third-order valence-electron chi connectivity index (χ3n) is 7.32. The van der Waals surface area contributed by atoms with Crippen LogP contribution in [0.3, 0.4) is 0 Å². The molecule has 5 unspecified atom stereocenters. The normalized spacial score (nSPS) is 44.6. The molecule has 2 spiro atoms. The van der Waals surface area contributed by atoms with E-state index in [0.717, 1.165) is 18.5 Å². The van der Waals surface area contributed by atoms with Crippen LogP contribution in [0.15, 0.2) is 12.1 Å². The number of ketones is 1. The first-order chi connectivity index (χ1) is 11.8. The number of hydrogen-bond acceptors (Lipinski definition) is 6. The largest absolute Gasteiger partial charge is 0.504 e. The summed E-state index contributed by atoms with van der Waals surface area (Å²) in [6.45, 7) is 0.828. The Morgan fingerprint density at radius 2 is 2.08 bits per heavy atom. The maximum atomic E-state index is 12.4. The number of hydrogen-bond donors (Lipinski definition) is 3. The Labute approximate surface area is 146 Å². The Morgan fingerprint density at radius 1 is 1.32 bits per heavy atom. The summed E-state index contributed by atoms with van der Waals surface area (Å²) in [5, 5.41) is 33.6. The van der Waals surface area contributed by atoms with Crippen LogP contribution in [0.1, 0.15) is 30.4 Å². The molecule has 2 bridgehead atoms. The standard InChI is InChI=1S/C19H23NO5/c1-20-9-17-6-10-3-4-12(25-2)15(23)14(10)18(8-17)7-11(21)5-13(22)19(18,24)16(17)20/h3-4,13,16,22-24H,5-9H2,1-2H3. The second-order valence-electron chi connectivity index (χ2n) is 8.53. The molecule has 1 aromatic carbocycles. The predicted molar refractivity (Wildman–Crippen MR) is 88.7 cm³/mol. The number of aliphatic hydroxyl groups is 2. The maximum Gasteiger partial charge on any atom is 0.161 e. The summed E-state index contributed by atoms with van der Waals surface area (Å²) < 4.78 is 5.28. The summed E-state index contributed by atoms with van der Waals surface area (Å²) in [6.07, 6.45) is 0.348. The highest BCUT2D eigenvalue weighted by Gasteiger charge is 2.80. The fourth-order valence-electron chi connectivity index (χ4n) is 6.91. The Hall–Kier alpha value is -1.63. The van der Waals surface area contributed by atoms with E-state index in [1.165, 1.54) is 7.11 Å². The predicted octanol–water partition coefficient (Wildman–Crippen LogP) is 0.354. The van der Waals surface area contributed by atoms with Crippen molar-refractivity contribution in [1.82, 2.24) is 4.90 Å². The number of carbonyl (C=O) groups is 1. The van der Waals surface area contributed by atoms with Crippen molar-refractivity contribution >= 4 is 5.78 Å². The molecule has 0 amide bonds. The fraction of sp³-hybridized carbons (Fsp3) is 0.632. The Balaban J connectivity index is 1.84. The number of nitrogens with zero attached hydrogens (tertiary/aromatic N) is 1. The molecule has 2 saturated carbocycles. The number of methoxy groups -OCH3 is 1. The van der Waals surface area contributed by atoms with Gasteiger partial charge in [-0.1, -0.05) is 6.07 Å². The highest BCUT2D eigenvalue weighted by Crippen LogP contribution is 2.72. The molecule has 3 fully saturated rings. The molecule has 1 heterocycles. The first-order valence-corrected chi connectivity index (χ1v) is 8.81. The van der Waals surface area contributed by atoms with Gasteiger partial charge in [0.15, 0.2) is 11.5 Å². The number of likely N-dealkylation sites (N-methyl/N-ethyl adjacent to an activating group) is 1. The molecule has 5 atom stereocenters. The van der Waals surface area contributed by atoms with Crippen molar-refractivity contribution in [2.24, 2.45) is 5.41 Å². The molecule has 134 valence electrons. The van der Waals surface area contributed by atoms with Crippen LogP contribution >= 0.6 is 0 Å². The van der Waals surface area contributed by atoms with E-state index in [0.29, 0.717) is 17.7 Å². The van der Waals surface area contributed by atoms with Gasteiger partial charge in [0, 0.05) is 41.8 Å².